The van der Waals surface area contributed by atoms with E-state index >= 15 is 0 Å². The summed E-state index contributed by atoms with van der Waals surface area (Å²) in [7, 11) is -3.35. The van der Waals surface area contributed by atoms with E-state index in [1.54, 1.807) is 16.4 Å². The lowest BCUT2D eigenvalue weighted by molar-refractivity contribution is 0.0859. The van der Waals surface area contributed by atoms with Crippen LogP contribution in [0.2, 0.25) is 0 Å². The summed E-state index contributed by atoms with van der Waals surface area (Å²) in [5.74, 6) is 0. The molecule has 21 heavy (non-hydrogen) atoms. The van der Waals surface area contributed by atoms with E-state index in [1.807, 2.05) is 19.1 Å². The molecule has 2 heterocycles. The number of aryl methyl sites for hydroxylation is 1. The van der Waals surface area contributed by atoms with Crippen molar-refractivity contribution in [2.24, 2.45) is 5.41 Å². The SMILES string of the molecule is Cc1ccc(S(=O)(=O)N2CCC3(CC2)CO[C@@H](C)C3)cc1. The van der Waals surface area contributed by atoms with Crippen molar-refractivity contribution in [1.82, 2.24) is 4.31 Å². The van der Waals surface area contributed by atoms with Crippen molar-refractivity contribution in [3.05, 3.63) is 29.8 Å². The van der Waals surface area contributed by atoms with Crippen LogP contribution in [0.1, 0.15) is 31.7 Å². The van der Waals surface area contributed by atoms with Gasteiger partial charge in [0.2, 0.25) is 10.0 Å². The molecule has 1 aromatic rings. The number of hydrogen-bond donors (Lipinski definition) is 0. The van der Waals surface area contributed by atoms with Crippen molar-refractivity contribution in [3.63, 3.8) is 0 Å². The van der Waals surface area contributed by atoms with Crippen LogP contribution in [0.5, 0.6) is 0 Å². The highest BCUT2D eigenvalue weighted by Gasteiger charge is 2.43. The maximum atomic E-state index is 12.7. The third kappa shape index (κ3) is 2.87. The van der Waals surface area contributed by atoms with E-state index in [4.69, 9.17) is 4.74 Å². The van der Waals surface area contributed by atoms with Gasteiger partial charge in [-0.2, -0.15) is 4.31 Å². The van der Waals surface area contributed by atoms with E-state index in [0.717, 1.165) is 31.4 Å². The van der Waals surface area contributed by atoms with Gasteiger partial charge in [0.15, 0.2) is 0 Å². The van der Waals surface area contributed by atoms with Gasteiger partial charge in [-0.25, -0.2) is 8.42 Å². The molecule has 0 N–H and O–H groups in total. The van der Waals surface area contributed by atoms with Gasteiger partial charge in [0.05, 0.1) is 17.6 Å². The van der Waals surface area contributed by atoms with Crippen molar-refractivity contribution in [2.45, 2.75) is 44.1 Å². The number of hydrogen-bond acceptors (Lipinski definition) is 3. The first-order valence-corrected chi connectivity index (χ1v) is 9.04. The second-order valence-electron chi connectivity index (χ2n) is 6.54. The molecular formula is C16H23NO3S. The van der Waals surface area contributed by atoms with Crippen molar-refractivity contribution in [3.8, 4) is 0 Å². The molecule has 0 saturated carbocycles. The van der Waals surface area contributed by atoms with Crippen LogP contribution >= 0.6 is 0 Å². The Kier molecular flexibility index (Phi) is 3.84. The monoisotopic (exact) mass is 309 g/mol. The second-order valence-corrected chi connectivity index (χ2v) is 8.48. The fourth-order valence-electron chi connectivity index (χ4n) is 3.46. The predicted octanol–water partition coefficient (Wildman–Crippen LogP) is 2.57. The maximum absolute atomic E-state index is 12.7. The smallest absolute Gasteiger partial charge is 0.243 e. The van der Waals surface area contributed by atoms with Gasteiger partial charge in [-0.15, -0.1) is 0 Å². The highest BCUT2D eigenvalue weighted by Crippen LogP contribution is 2.42. The highest BCUT2D eigenvalue weighted by molar-refractivity contribution is 7.89. The summed E-state index contributed by atoms with van der Waals surface area (Å²) in [5, 5.41) is 0. The second kappa shape index (κ2) is 5.38. The summed E-state index contributed by atoms with van der Waals surface area (Å²) in [6.07, 6.45) is 3.18. The number of piperidine rings is 1. The van der Waals surface area contributed by atoms with Gasteiger partial charge in [0.25, 0.3) is 0 Å². The lowest BCUT2D eigenvalue weighted by Gasteiger charge is -2.37. The van der Waals surface area contributed by atoms with Crippen molar-refractivity contribution >= 4 is 10.0 Å². The van der Waals surface area contributed by atoms with Gasteiger partial charge in [-0.1, -0.05) is 17.7 Å². The molecule has 2 fully saturated rings. The minimum Gasteiger partial charge on any atom is -0.378 e. The van der Waals surface area contributed by atoms with Gasteiger partial charge in [-0.05, 0) is 50.7 Å². The average molecular weight is 309 g/mol. The molecule has 116 valence electrons. The molecule has 0 aromatic heterocycles. The number of benzene rings is 1. The molecule has 1 aromatic carbocycles. The Balaban J connectivity index is 1.73. The van der Waals surface area contributed by atoms with Gasteiger partial charge in [0.1, 0.15) is 0 Å². The molecule has 3 rings (SSSR count). The summed E-state index contributed by atoms with van der Waals surface area (Å²) < 4.78 is 32.6. The highest BCUT2D eigenvalue weighted by atomic mass is 32.2. The third-order valence-electron chi connectivity index (χ3n) is 4.84. The van der Waals surface area contributed by atoms with Gasteiger partial charge in [-0.3, -0.25) is 0 Å². The molecule has 5 heteroatoms. The topological polar surface area (TPSA) is 46.6 Å². The molecule has 2 aliphatic heterocycles. The lowest BCUT2D eigenvalue weighted by Crippen LogP contribution is -2.43. The van der Waals surface area contributed by atoms with Crippen LogP contribution < -0.4 is 0 Å². The van der Waals surface area contributed by atoms with Gasteiger partial charge < -0.3 is 4.74 Å². The largest absolute Gasteiger partial charge is 0.378 e. The van der Waals surface area contributed by atoms with E-state index in [2.05, 4.69) is 6.92 Å². The van der Waals surface area contributed by atoms with Crippen LogP contribution in [-0.4, -0.2) is 38.5 Å². The van der Waals surface area contributed by atoms with Crippen LogP contribution in [0.25, 0.3) is 0 Å². The molecule has 0 bridgehead atoms. The summed E-state index contributed by atoms with van der Waals surface area (Å²) >= 11 is 0. The predicted molar refractivity (Wildman–Crippen MR) is 81.6 cm³/mol. The number of nitrogens with zero attached hydrogens (tertiary/aromatic N) is 1. The van der Waals surface area contributed by atoms with Crippen LogP contribution in [0.3, 0.4) is 0 Å². The first-order valence-electron chi connectivity index (χ1n) is 7.60. The van der Waals surface area contributed by atoms with E-state index in [-0.39, 0.29) is 5.41 Å². The molecule has 0 aliphatic carbocycles. The van der Waals surface area contributed by atoms with Crippen molar-refractivity contribution in [1.29, 1.82) is 0 Å². The molecule has 0 unspecified atom stereocenters. The van der Waals surface area contributed by atoms with Crippen LogP contribution in [0.4, 0.5) is 0 Å². The quantitative estimate of drug-likeness (QED) is 0.843. The summed E-state index contributed by atoms with van der Waals surface area (Å²) in [6.45, 7) is 6.05. The molecule has 0 radical (unpaired) electrons. The average Bonchev–Trinajstić information content (AvgIpc) is 2.81. The Bertz CT molecular complexity index is 601. The molecule has 2 aliphatic rings. The Morgan fingerprint density at radius 2 is 1.81 bits per heavy atom. The summed E-state index contributed by atoms with van der Waals surface area (Å²) in [6, 6.07) is 7.11. The zero-order valence-corrected chi connectivity index (χ0v) is 13.5. The fraction of sp³-hybridized carbons (Fsp3) is 0.625. The van der Waals surface area contributed by atoms with E-state index < -0.39 is 10.0 Å². The zero-order valence-electron chi connectivity index (χ0n) is 12.7. The lowest BCUT2D eigenvalue weighted by atomic mass is 9.77. The number of sulfonamides is 1. The number of rotatable bonds is 2. The Morgan fingerprint density at radius 3 is 2.33 bits per heavy atom. The molecule has 0 amide bonds. The molecule has 4 nitrogen and oxygen atoms in total. The first-order chi connectivity index (χ1) is 9.91. The minimum atomic E-state index is -3.35. The minimum absolute atomic E-state index is 0.207. The van der Waals surface area contributed by atoms with Crippen LogP contribution in [0.15, 0.2) is 29.2 Å². The number of ether oxygens (including phenoxy) is 1. The molecular weight excluding hydrogens is 286 g/mol. The Hall–Kier alpha value is -0.910. The normalized spacial score (nSPS) is 26.3. The van der Waals surface area contributed by atoms with Crippen molar-refractivity contribution in [2.75, 3.05) is 19.7 Å². The fourth-order valence-corrected chi connectivity index (χ4v) is 4.90. The van der Waals surface area contributed by atoms with E-state index in [0.29, 0.717) is 24.1 Å². The van der Waals surface area contributed by atoms with Gasteiger partial charge >= 0.3 is 0 Å². The molecule has 2 saturated heterocycles. The Labute approximate surface area is 127 Å². The summed E-state index contributed by atoms with van der Waals surface area (Å²) in [4.78, 5) is 0.403. The maximum Gasteiger partial charge on any atom is 0.243 e. The molecule has 1 atom stereocenters. The van der Waals surface area contributed by atoms with Crippen LogP contribution in [-0.2, 0) is 14.8 Å². The summed E-state index contributed by atoms with van der Waals surface area (Å²) in [5.41, 5.74) is 1.28. The first kappa shape index (κ1) is 15.0. The van der Waals surface area contributed by atoms with Crippen molar-refractivity contribution < 1.29 is 13.2 Å². The zero-order chi connectivity index (χ0) is 15.1. The van der Waals surface area contributed by atoms with E-state index in [1.165, 1.54) is 0 Å². The Morgan fingerprint density at radius 1 is 1.19 bits per heavy atom. The van der Waals surface area contributed by atoms with Gasteiger partial charge in [0, 0.05) is 13.1 Å². The molecule has 1 spiro atoms. The van der Waals surface area contributed by atoms with Crippen LogP contribution in [0, 0.1) is 12.3 Å². The van der Waals surface area contributed by atoms with E-state index in [9.17, 15) is 8.42 Å². The third-order valence-corrected chi connectivity index (χ3v) is 6.75. The standard InChI is InChI=1S/C16H23NO3S/c1-13-3-5-15(6-4-13)21(18,19)17-9-7-16(8-10-17)11-14(2)20-12-16/h3-6,14H,7-12H2,1-2H3/t14-/m0/s1.